The summed E-state index contributed by atoms with van der Waals surface area (Å²) in [6.45, 7) is 3.55. The van der Waals surface area contributed by atoms with E-state index in [9.17, 15) is 4.79 Å². The molecule has 0 amide bonds. The molecule has 1 aliphatic carbocycles. The lowest BCUT2D eigenvalue weighted by molar-refractivity contribution is -0.113. The molecule has 0 aliphatic heterocycles. The lowest BCUT2D eigenvalue weighted by Gasteiger charge is -2.17. The van der Waals surface area contributed by atoms with Crippen LogP contribution in [-0.4, -0.2) is 11.3 Å². The number of carbonyl (C=O) groups excluding carboxylic acids is 1. The number of Topliss-reactive ketones (excluding diaryl/α,β-unsaturated/α-hetero) is 1. The van der Waals surface area contributed by atoms with Crippen molar-refractivity contribution in [1.82, 2.24) is 0 Å². The van der Waals surface area contributed by atoms with Crippen molar-refractivity contribution in [1.29, 1.82) is 0 Å². The standard InChI is InChI=1S/C10H15NO/c1-8(12)9-4-3-6-10(2,11)7-5-9/h4-5,7H,3,6,11H2,1-2H3. The van der Waals surface area contributed by atoms with E-state index in [1.807, 2.05) is 25.2 Å². The van der Waals surface area contributed by atoms with E-state index < -0.39 is 0 Å². The molecule has 1 atom stereocenters. The molecule has 0 saturated heterocycles. The molecule has 1 aliphatic rings. The Hall–Kier alpha value is -0.890. The van der Waals surface area contributed by atoms with Crippen molar-refractivity contribution >= 4 is 5.78 Å². The van der Waals surface area contributed by atoms with E-state index in [4.69, 9.17) is 5.73 Å². The quantitative estimate of drug-likeness (QED) is 0.641. The van der Waals surface area contributed by atoms with Crippen LogP contribution >= 0.6 is 0 Å². The lowest BCUT2D eigenvalue weighted by atomic mass is 9.98. The number of allylic oxidation sites excluding steroid dienone is 3. The van der Waals surface area contributed by atoms with Gasteiger partial charge in [0.2, 0.25) is 0 Å². The SMILES string of the molecule is CC(=O)C1=CCCC(C)(N)C=C1. The summed E-state index contributed by atoms with van der Waals surface area (Å²) in [6.07, 6.45) is 7.48. The molecule has 1 rings (SSSR count). The van der Waals surface area contributed by atoms with E-state index in [0.29, 0.717) is 0 Å². The van der Waals surface area contributed by atoms with Crippen LogP contribution in [0.4, 0.5) is 0 Å². The molecule has 0 radical (unpaired) electrons. The first-order valence-corrected chi connectivity index (χ1v) is 4.20. The molecular weight excluding hydrogens is 150 g/mol. The normalized spacial score (nSPS) is 29.4. The van der Waals surface area contributed by atoms with Crippen molar-refractivity contribution in [3.05, 3.63) is 23.8 Å². The molecule has 0 fully saturated rings. The van der Waals surface area contributed by atoms with Gasteiger partial charge in [-0.25, -0.2) is 0 Å². The van der Waals surface area contributed by atoms with Crippen LogP contribution in [0.3, 0.4) is 0 Å². The van der Waals surface area contributed by atoms with Crippen molar-refractivity contribution in [3.63, 3.8) is 0 Å². The highest BCUT2D eigenvalue weighted by atomic mass is 16.1. The molecule has 0 saturated carbocycles. The predicted octanol–water partition coefficient (Wildman–Crippen LogP) is 1.57. The number of hydrogen-bond donors (Lipinski definition) is 1. The average Bonchev–Trinajstić information content (AvgIpc) is 2.10. The summed E-state index contributed by atoms with van der Waals surface area (Å²) >= 11 is 0. The van der Waals surface area contributed by atoms with Gasteiger partial charge in [-0.1, -0.05) is 18.2 Å². The fourth-order valence-electron chi connectivity index (χ4n) is 1.23. The van der Waals surface area contributed by atoms with Gasteiger partial charge in [0.05, 0.1) is 0 Å². The van der Waals surface area contributed by atoms with E-state index in [1.54, 1.807) is 6.92 Å². The van der Waals surface area contributed by atoms with Crippen LogP contribution in [0, 0.1) is 0 Å². The van der Waals surface area contributed by atoms with E-state index in [1.165, 1.54) is 0 Å². The summed E-state index contributed by atoms with van der Waals surface area (Å²) in [5.74, 6) is 0.115. The predicted molar refractivity (Wildman–Crippen MR) is 49.7 cm³/mol. The number of carbonyl (C=O) groups is 1. The van der Waals surface area contributed by atoms with Gasteiger partial charge in [-0.3, -0.25) is 4.79 Å². The third-order valence-electron chi connectivity index (χ3n) is 2.10. The van der Waals surface area contributed by atoms with Crippen LogP contribution in [-0.2, 0) is 4.79 Å². The van der Waals surface area contributed by atoms with Crippen molar-refractivity contribution < 1.29 is 4.79 Å². The van der Waals surface area contributed by atoms with Crippen LogP contribution in [0.15, 0.2) is 23.8 Å². The minimum atomic E-state index is -0.256. The Morgan fingerprint density at radius 1 is 1.67 bits per heavy atom. The first-order chi connectivity index (χ1) is 5.51. The van der Waals surface area contributed by atoms with Gasteiger partial charge in [0.1, 0.15) is 0 Å². The molecule has 0 aromatic carbocycles. The summed E-state index contributed by atoms with van der Waals surface area (Å²) in [5.41, 5.74) is 6.43. The zero-order valence-electron chi connectivity index (χ0n) is 7.63. The Balaban J connectivity index is 2.81. The summed E-state index contributed by atoms with van der Waals surface area (Å²) in [4.78, 5) is 11.0. The zero-order valence-corrected chi connectivity index (χ0v) is 7.63. The monoisotopic (exact) mass is 165 g/mol. The lowest BCUT2D eigenvalue weighted by Crippen LogP contribution is -2.32. The molecule has 12 heavy (non-hydrogen) atoms. The summed E-state index contributed by atoms with van der Waals surface area (Å²) in [6, 6.07) is 0. The minimum Gasteiger partial charge on any atom is -0.322 e. The van der Waals surface area contributed by atoms with E-state index in [2.05, 4.69) is 0 Å². The Bertz CT molecular complexity index is 249. The third-order valence-corrected chi connectivity index (χ3v) is 2.10. The van der Waals surface area contributed by atoms with Gasteiger partial charge >= 0.3 is 0 Å². The third kappa shape index (κ3) is 2.31. The molecule has 2 nitrogen and oxygen atoms in total. The van der Waals surface area contributed by atoms with Gasteiger partial charge in [0, 0.05) is 11.1 Å². The molecule has 2 heteroatoms. The van der Waals surface area contributed by atoms with Crippen molar-refractivity contribution in [3.8, 4) is 0 Å². The fraction of sp³-hybridized carbons (Fsp3) is 0.500. The maximum atomic E-state index is 11.0. The molecule has 0 bridgehead atoms. The van der Waals surface area contributed by atoms with E-state index >= 15 is 0 Å². The van der Waals surface area contributed by atoms with Crippen molar-refractivity contribution in [2.75, 3.05) is 0 Å². The number of ketones is 1. The molecule has 0 heterocycles. The summed E-state index contributed by atoms with van der Waals surface area (Å²) < 4.78 is 0. The van der Waals surface area contributed by atoms with Crippen LogP contribution in [0.2, 0.25) is 0 Å². The maximum absolute atomic E-state index is 11.0. The van der Waals surface area contributed by atoms with Crippen LogP contribution < -0.4 is 5.73 Å². The second kappa shape index (κ2) is 3.23. The molecule has 0 spiro atoms. The summed E-state index contributed by atoms with van der Waals surface area (Å²) in [5, 5.41) is 0. The Morgan fingerprint density at radius 3 is 2.92 bits per heavy atom. The van der Waals surface area contributed by atoms with Crippen molar-refractivity contribution in [2.24, 2.45) is 5.73 Å². The fourth-order valence-corrected chi connectivity index (χ4v) is 1.23. The van der Waals surface area contributed by atoms with Gasteiger partial charge in [-0.05, 0) is 26.7 Å². The highest BCUT2D eigenvalue weighted by molar-refractivity contribution is 5.96. The van der Waals surface area contributed by atoms with Crippen LogP contribution in [0.5, 0.6) is 0 Å². The van der Waals surface area contributed by atoms with Gasteiger partial charge in [0.15, 0.2) is 5.78 Å². The first kappa shape index (κ1) is 9.20. The van der Waals surface area contributed by atoms with E-state index in [-0.39, 0.29) is 11.3 Å². The molecular formula is C10H15NO. The maximum Gasteiger partial charge on any atom is 0.159 e. The average molecular weight is 165 g/mol. The summed E-state index contributed by atoms with van der Waals surface area (Å²) in [7, 11) is 0. The smallest absolute Gasteiger partial charge is 0.159 e. The second-order valence-electron chi connectivity index (χ2n) is 3.59. The second-order valence-corrected chi connectivity index (χ2v) is 3.59. The molecule has 2 N–H and O–H groups in total. The van der Waals surface area contributed by atoms with Gasteiger partial charge < -0.3 is 5.73 Å². The van der Waals surface area contributed by atoms with Crippen LogP contribution in [0.25, 0.3) is 0 Å². The molecule has 1 unspecified atom stereocenters. The number of hydrogen-bond acceptors (Lipinski definition) is 2. The molecule has 0 aromatic heterocycles. The van der Waals surface area contributed by atoms with Crippen LogP contribution in [0.1, 0.15) is 26.7 Å². The Labute approximate surface area is 73.1 Å². The van der Waals surface area contributed by atoms with Gasteiger partial charge in [-0.15, -0.1) is 0 Å². The zero-order chi connectivity index (χ0) is 9.19. The largest absolute Gasteiger partial charge is 0.322 e. The minimum absolute atomic E-state index is 0.115. The number of rotatable bonds is 1. The topological polar surface area (TPSA) is 43.1 Å². The van der Waals surface area contributed by atoms with Gasteiger partial charge in [0.25, 0.3) is 0 Å². The molecule has 66 valence electrons. The van der Waals surface area contributed by atoms with E-state index in [0.717, 1.165) is 18.4 Å². The molecule has 0 aromatic rings. The Kier molecular flexibility index (Phi) is 2.48. The Morgan fingerprint density at radius 2 is 2.33 bits per heavy atom. The first-order valence-electron chi connectivity index (χ1n) is 4.20. The number of nitrogens with two attached hydrogens (primary N) is 1. The van der Waals surface area contributed by atoms with Crippen molar-refractivity contribution in [2.45, 2.75) is 32.2 Å². The highest BCUT2D eigenvalue weighted by Crippen LogP contribution is 2.17. The highest BCUT2D eigenvalue weighted by Gasteiger charge is 2.16. The van der Waals surface area contributed by atoms with Gasteiger partial charge in [-0.2, -0.15) is 0 Å².